The maximum Gasteiger partial charge on any atom is 0.344 e. The molecule has 0 heterocycles. The topological polar surface area (TPSA) is 0 Å². The van der Waals surface area contributed by atoms with Gasteiger partial charge in [-0.1, -0.05) is 0 Å². The highest BCUT2D eigenvalue weighted by atomic mass is 79.9. The molecule has 1 unspecified atom stereocenters. The van der Waals surface area contributed by atoms with Crippen molar-refractivity contribution in [1.82, 2.24) is 0 Å². The number of hydrogen-bond acceptors (Lipinski definition) is 0. The Bertz CT molecular complexity index is 67.5. The first-order chi connectivity index (χ1) is 3.25. The molecule has 49 valence electrons. The molecule has 0 saturated heterocycles. The van der Waals surface area contributed by atoms with E-state index in [1.165, 1.54) is 0 Å². The molecule has 5 heteroatoms. The van der Waals surface area contributed by atoms with Gasteiger partial charge in [0.2, 0.25) is 4.58 Å². The van der Waals surface area contributed by atoms with Crippen LogP contribution in [0.4, 0.5) is 13.2 Å². The van der Waals surface area contributed by atoms with Gasteiger partial charge >= 0.3 is 4.83 Å². The predicted molar refractivity (Wildman–Crippen MR) is 32.0 cm³/mol. The van der Waals surface area contributed by atoms with Gasteiger partial charge in [0.1, 0.15) is 0 Å². The summed E-state index contributed by atoms with van der Waals surface area (Å²) in [5.41, 5.74) is 0. The summed E-state index contributed by atoms with van der Waals surface area (Å²) < 4.78 is 32.3. The Morgan fingerprint density at radius 2 is 1.25 bits per heavy atom. The minimum absolute atomic E-state index is 1.78. The first-order valence-electron chi connectivity index (χ1n) is 1.55. The fourth-order valence-corrected chi connectivity index (χ4v) is 0. The molecular formula is C3H2Br2F3. The van der Waals surface area contributed by atoms with Crippen molar-refractivity contribution < 1.29 is 13.2 Å². The first-order valence-corrected chi connectivity index (χ1v) is 3.13. The van der Waals surface area contributed by atoms with E-state index < -0.39 is 9.41 Å². The van der Waals surface area contributed by atoms with E-state index in [-0.39, 0.29) is 0 Å². The number of alkyl halides is 5. The zero-order chi connectivity index (χ0) is 7.00. The third kappa shape index (κ3) is 2.35. The van der Waals surface area contributed by atoms with Crippen LogP contribution in [0, 0.1) is 6.92 Å². The van der Waals surface area contributed by atoms with Crippen molar-refractivity contribution in [2.45, 2.75) is 9.41 Å². The molecule has 0 aliphatic rings. The fourth-order valence-electron chi connectivity index (χ4n) is 0. The van der Waals surface area contributed by atoms with Crippen LogP contribution in [-0.2, 0) is 0 Å². The average Bonchev–Trinajstić information content (AvgIpc) is 1.25. The molecule has 0 aromatic rings. The highest BCUT2D eigenvalue weighted by Crippen LogP contribution is 2.41. The highest BCUT2D eigenvalue weighted by Gasteiger charge is 2.46. The van der Waals surface area contributed by atoms with Gasteiger partial charge < -0.3 is 0 Å². The van der Waals surface area contributed by atoms with Gasteiger partial charge in [0.25, 0.3) is 0 Å². The summed E-state index contributed by atoms with van der Waals surface area (Å²) in [6, 6.07) is 0. The van der Waals surface area contributed by atoms with Gasteiger partial charge in [-0.15, -0.1) is 0 Å². The monoisotopic (exact) mass is 253 g/mol. The lowest BCUT2D eigenvalue weighted by Gasteiger charge is -2.17. The molecule has 0 nitrogen and oxygen atoms in total. The van der Waals surface area contributed by atoms with E-state index in [4.69, 9.17) is 0 Å². The zero-order valence-electron chi connectivity index (χ0n) is 3.60. The first kappa shape index (κ1) is 8.75. The minimum Gasteiger partial charge on any atom is -0.224 e. The Balaban J connectivity index is 4.02. The van der Waals surface area contributed by atoms with Crippen LogP contribution in [0.3, 0.4) is 0 Å². The lowest BCUT2D eigenvalue weighted by Crippen LogP contribution is -2.29. The molecule has 0 amide bonds. The second-order valence-electron chi connectivity index (χ2n) is 1.20. The van der Waals surface area contributed by atoms with Crippen LogP contribution in [0.2, 0.25) is 0 Å². The van der Waals surface area contributed by atoms with Gasteiger partial charge in [0, 0.05) is 6.92 Å². The Labute approximate surface area is 61.7 Å². The summed E-state index contributed by atoms with van der Waals surface area (Å²) in [4.78, 5) is -3.61. The standard InChI is InChI=1S/C3H2Br2F3/c1-2(4,6)3(5,7)8/h1H2. The molecule has 8 heavy (non-hydrogen) atoms. The molecule has 0 aliphatic carbocycles. The summed E-state index contributed by atoms with van der Waals surface area (Å²) in [7, 11) is 0. The highest BCUT2D eigenvalue weighted by molar-refractivity contribution is 9.12. The number of rotatable bonds is 1. The van der Waals surface area contributed by atoms with Crippen molar-refractivity contribution in [2.75, 3.05) is 0 Å². The Hall–Kier alpha value is 0.750. The van der Waals surface area contributed by atoms with Crippen molar-refractivity contribution in [3.05, 3.63) is 6.92 Å². The third-order valence-electron chi connectivity index (χ3n) is 0.415. The molecule has 0 aliphatic heterocycles. The van der Waals surface area contributed by atoms with Crippen LogP contribution in [0.15, 0.2) is 0 Å². The molecule has 0 aromatic carbocycles. The van der Waals surface area contributed by atoms with Crippen LogP contribution in [-0.4, -0.2) is 9.41 Å². The van der Waals surface area contributed by atoms with Crippen molar-refractivity contribution in [1.29, 1.82) is 0 Å². The zero-order valence-corrected chi connectivity index (χ0v) is 6.77. The van der Waals surface area contributed by atoms with E-state index in [0.717, 1.165) is 0 Å². The Kier molecular flexibility index (Phi) is 2.38. The summed E-state index contributed by atoms with van der Waals surface area (Å²) in [6.07, 6.45) is 0. The minimum atomic E-state index is -3.61. The van der Waals surface area contributed by atoms with Crippen LogP contribution in [0.1, 0.15) is 0 Å². The number of halogens is 5. The number of hydrogen-bond donors (Lipinski definition) is 0. The maximum absolute atomic E-state index is 11.9. The second kappa shape index (κ2) is 2.17. The molecule has 0 fully saturated rings. The lowest BCUT2D eigenvalue weighted by atomic mass is 10.5. The predicted octanol–water partition coefficient (Wildman–Crippen LogP) is 2.87. The van der Waals surface area contributed by atoms with E-state index in [2.05, 4.69) is 6.92 Å². The third-order valence-corrected chi connectivity index (χ3v) is 2.07. The molecule has 0 saturated carbocycles. The summed E-state index contributed by atoms with van der Waals surface area (Å²) in [5.74, 6) is 0. The van der Waals surface area contributed by atoms with Crippen molar-refractivity contribution in [2.24, 2.45) is 0 Å². The fraction of sp³-hybridized carbons (Fsp3) is 0.667. The Morgan fingerprint density at radius 1 is 1.12 bits per heavy atom. The van der Waals surface area contributed by atoms with E-state index in [1.807, 2.05) is 15.9 Å². The smallest absolute Gasteiger partial charge is 0.224 e. The molecular weight excluding hydrogens is 253 g/mol. The van der Waals surface area contributed by atoms with Gasteiger partial charge in [-0.3, -0.25) is 0 Å². The molecule has 0 rings (SSSR count). The van der Waals surface area contributed by atoms with Crippen molar-refractivity contribution in [3.8, 4) is 0 Å². The van der Waals surface area contributed by atoms with Crippen molar-refractivity contribution in [3.63, 3.8) is 0 Å². The molecule has 0 spiro atoms. The van der Waals surface area contributed by atoms with E-state index in [9.17, 15) is 13.2 Å². The normalized spacial score (nSPS) is 20.2. The van der Waals surface area contributed by atoms with E-state index in [1.54, 1.807) is 15.9 Å². The van der Waals surface area contributed by atoms with Crippen molar-refractivity contribution >= 4 is 31.9 Å². The lowest BCUT2D eigenvalue weighted by molar-refractivity contribution is 0.0290. The van der Waals surface area contributed by atoms with E-state index in [0.29, 0.717) is 0 Å². The summed E-state index contributed by atoms with van der Waals surface area (Å²) in [5, 5.41) is 0. The SMILES string of the molecule is [CH2]C(F)(Br)C(F)(F)Br. The summed E-state index contributed by atoms with van der Waals surface area (Å²) in [6.45, 7) is 2.49. The van der Waals surface area contributed by atoms with Gasteiger partial charge in [0.15, 0.2) is 0 Å². The van der Waals surface area contributed by atoms with Crippen LogP contribution in [0.5, 0.6) is 0 Å². The molecule has 0 bridgehead atoms. The second-order valence-corrected chi connectivity index (χ2v) is 3.46. The van der Waals surface area contributed by atoms with Gasteiger partial charge in [0.05, 0.1) is 0 Å². The molecule has 1 atom stereocenters. The van der Waals surface area contributed by atoms with Gasteiger partial charge in [-0.25, -0.2) is 4.39 Å². The van der Waals surface area contributed by atoms with Crippen LogP contribution in [0.25, 0.3) is 0 Å². The van der Waals surface area contributed by atoms with Gasteiger partial charge in [-0.2, -0.15) is 8.78 Å². The summed E-state index contributed by atoms with van der Waals surface area (Å²) >= 11 is 3.81. The average molecular weight is 255 g/mol. The van der Waals surface area contributed by atoms with Gasteiger partial charge in [-0.05, 0) is 31.9 Å². The largest absolute Gasteiger partial charge is 0.344 e. The molecule has 0 N–H and O–H groups in total. The maximum atomic E-state index is 11.9. The molecule has 1 radical (unpaired) electrons. The van der Waals surface area contributed by atoms with Crippen LogP contribution >= 0.6 is 31.9 Å². The van der Waals surface area contributed by atoms with Crippen LogP contribution < -0.4 is 0 Å². The van der Waals surface area contributed by atoms with E-state index >= 15 is 0 Å². The quantitative estimate of drug-likeness (QED) is 0.632. The molecule has 0 aromatic heterocycles. The Morgan fingerprint density at radius 3 is 1.25 bits per heavy atom.